The molecule has 0 radical (unpaired) electrons. The number of benzene rings is 3. The standard InChI is InChI=1S/C23H18F2N2O3/c24-23(25)30-19-11-9-18(10-12-19)22(17-6-2-1-3-7-17)27-21(28)15-29-20-8-4-5-16(13-20)14-26/h1-13,22-23H,15H2,(H,27,28)/t22-/m0/s1. The highest BCUT2D eigenvalue weighted by Gasteiger charge is 2.18. The lowest BCUT2D eigenvalue weighted by Crippen LogP contribution is -2.33. The Morgan fingerprint density at radius 1 is 0.933 bits per heavy atom. The summed E-state index contributed by atoms with van der Waals surface area (Å²) < 4.78 is 34.6. The highest BCUT2D eigenvalue weighted by Crippen LogP contribution is 2.25. The quantitative estimate of drug-likeness (QED) is 0.598. The monoisotopic (exact) mass is 408 g/mol. The van der Waals surface area contributed by atoms with E-state index in [0.29, 0.717) is 16.9 Å². The van der Waals surface area contributed by atoms with Crippen LogP contribution in [0.25, 0.3) is 0 Å². The first-order chi connectivity index (χ1) is 14.5. The van der Waals surface area contributed by atoms with Crippen molar-refractivity contribution >= 4 is 5.91 Å². The summed E-state index contributed by atoms with van der Waals surface area (Å²) in [5.74, 6) is 0.0701. The Morgan fingerprint density at radius 3 is 2.30 bits per heavy atom. The highest BCUT2D eigenvalue weighted by atomic mass is 19.3. The van der Waals surface area contributed by atoms with Crippen molar-refractivity contribution in [3.8, 4) is 17.6 Å². The molecule has 0 saturated carbocycles. The Hall–Kier alpha value is -3.92. The third kappa shape index (κ3) is 5.79. The van der Waals surface area contributed by atoms with Crippen LogP contribution in [-0.4, -0.2) is 19.1 Å². The number of nitrogens with zero attached hydrogens (tertiary/aromatic N) is 1. The number of carbonyl (C=O) groups is 1. The van der Waals surface area contributed by atoms with Crippen LogP contribution in [-0.2, 0) is 4.79 Å². The molecule has 3 rings (SSSR count). The van der Waals surface area contributed by atoms with Crippen molar-refractivity contribution in [3.63, 3.8) is 0 Å². The molecule has 0 aliphatic carbocycles. The summed E-state index contributed by atoms with van der Waals surface area (Å²) in [6, 6.07) is 23.3. The van der Waals surface area contributed by atoms with Gasteiger partial charge in [-0.25, -0.2) is 0 Å². The van der Waals surface area contributed by atoms with Gasteiger partial charge in [-0.05, 0) is 41.5 Å². The molecule has 1 atom stereocenters. The number of amides is 1. The van der Waals surface area contributed by atoms with Gasteiger partial charge in [0.05, 0.1) is 17.7 Å². The zero-order valence-electron chi connectivity index (χ0n) is 15.8. The summed E-state index contributed by atoms with van der Waals surface area (Å²) in [7, 11) is 0. The molecule has 3 aromatic carbocycles. The van der Waals surface area contributed by atoms with Crippen LogP contribution in [0.3, 0.4) is 0 Å². The minimum absolute atomic E-state index is 0.0348. The van der Waals surface area contributed by atoms with E-state index in [4.69, 9.17) is 10.00 Å². The molecule has 5 nitrogen and oxygen atoms in total. The molecule has 0 aliphatic heterocycles. The number of carbonyl (C=O) groups excluding carboxylic acids is 1. The second-order valence-electron chi connectivity index (χ2n) is 6.29. The summed E-state index contributed by atoms with van der Waals surface area (Å²) in [5.41, 5.74) is 1.95. The van der Waals surface area contributed by atoms with Gasteiger partial charge in [-0.1, -0.05) is 48.5 Å². The predicted octanol–water partition coefficient (Wildman–Crippen LogP) is 4.44. The number of nitriles is 1. The van der Waals surface area contributed by atoms with Crippen LogP contribution in [0.2, 0.25) is 0 Å². The second-order valence-corrected chi connectivity index (χ2v) is 6.29. The predicted molar refractivity (Wildman–Crippen MR) is 106 cm³/mol. The van der Waals surface area contributed by atoms with Crippen LogP contribution in [0.15, 0.2) is 78.9 Å². The fraction of sp³-hybridized carbons (Fsp3) is 0.130. The van der Waals surface area contributed by atoms with Crippen LogP contribution in [0, 0.1) is 11.3 Å². The molecule has 0 saturated heterocycles. The van der Waals surface area contributed by atoms with E-state index in [9.17, 15) is 13.6 Å². The van der Waals surface area contributed by atoms with Gasteiger partial charge >= 0.3 is 6.61 Å². The third-order valence-electron chi connectivity index (χ3n) is 4.21. The molecular formula is C23H18F2N2O3. The smallest absolute Gasteiger partial charge is 0.387 e. The van der Waals surface area contributed by atoms with Crippen LogP contribution in [0.4, 0.5) is 8.78 Å². The summed E-state index contributed by atoms with van der Waals surface area (Å²) >= 11 is 0. The maximum Gasteiger partial charge on any atom is 0.387 e. The SMILES string of the molecule is N#Cc1cccc(OCC(=O)N[C@@H](c2ccccc2)c2ccc(OC(F)F)cc2)c1. The first kappa shape index (κ1) is 20.8. The van der Waals surface area contributed by atoms with E-state index < -0.39 is 12.7 Å². The van der Waals surface area contributed by atoms with Crippen molar-refractivity contribution in [2.45, 2.75) is 12.7 Å². The van der Waals surface area contributed by atoms with Gasteiger partial charge in [0.2, 0.25) is 0 Å². The van der Waals surface area contributed by atoms with Crippen molar-refractivity contribution in [2.75, 3.05) is 6.61 Å². The maximum atomic E-state index is 12.5. The molecule has 1 N–H and O–H groups in total. The third-order valence-corrected chi connectivity index (χ3v) is 4.21. The average Bonchev–Trinajstić information content (AvgIpc) is 2.77. The molecule has 152 valence electrons. The maximum absolute atomic E-state index is 12.5. The fourth-order valence-electron chi connectivity index (χ4n) is 2.85. The largest absolute Gasteiger partial charge is 0.484 e. The number of alkyl halides is 2. The van der Waals surface area contributed by atoms with Gasteiger partial charge in [0.25, 0.3) is 5.91 Å². The van der Waals surface area contributed by atoms with Crippen molar-refractivity contribution in [1.82, 2.24) is 5.32 Å². The molecule has 0 aromatic heterocycles. The lowest BCUT2D eigenvalue weighted by molar-refractivity contribution is -0.123. The molecule has 30 heavy (non-hydrogen) atoms. The first-order valence-electron chi connectivity index (χ1n) is 9.07. The second kappa shape index (κ2) is 10.0. The Bertz CT molecular complexity index is 1020. The van der Waals surface area contributed by atoms with Crippen molar-refractivity contribution in [2.24, 2.45) is 0 Å². The van der Waals surface area contributed by atoms with Crippen LogP contribution in [0.5, 0.6) is 11.5 Å². The number of ether oxygens (including phenoxy) is 2. The average molecular weight is 408 g/mol. The van der Waals surface area contributed by atoms with Crippen LogP contribution >= 0.6 is 0 Å². The molecule has 0 bridgehead atoms. The van der Waals surface area contributed by atoms with Gasteiger partial charge in [-0.3, -0.25) is 4.79 Å². The minimum atomic E-state index is -2.91. The van der Waals surface area contributed by atoms with Gasteiger partial charge in [0.1, 0.15) is 11.5 Å². The van der Waals surface area contributed by atoms with Gasteiger partial charge in [-0.15, -0.1) is 0 Å². The van der Waals surface area contributed by atoms with E-state index in [1.807, 2.05) is 36.4 Å². The molecule has 0 heterocycles. The molecule has 0 unspecified atom stereocenters. The Labute approximate surface area is 172 Å². The number of halogens is 2. The van der Waals surface area contributed by atoms with Gasteiger partial charge in [0, 0.05) is 0 Å². The van der Waals surface area contributed by atoms with Crippen molar-refractivity contribution < 1.29 is 23.0 Å². The number of rotatable bonds is 8. The highest BCUT2D eigenvalue weighted by molar-refractivity contribution is 5.78. The van der Waals surface area contributed by atoms with E-state index in [2.05, 4.69) is 10.1 Å². The number of nitrogens with one attached hydrogen (secondary N) is 1. The molecular weight excluding hydrogens is 390 g/mol. The lowest BCUT2D eigenvalue weighted by Gasteiger charge is -2.20. The lowest BCUT2D eigenvalue weighted by atomic mass is 9.98. The normalized spacial score (nSPS) is 11.4. The summed E-state index contributed by atoms with van der Waals surface area (Å²) in [4.78, 5) is 12.5. The topological polar surface area (TPSA) is 71.3 Å². The van der Waals surface area contributed by atoms with E-state index in [1.54, 1.807) is 36.4 Å². The number of hydrogen-bond acceptors (Lipinski definition) is 4. The molecule has 0 spiro atoms. The minimum Gasteiger partial charge on any atom is -0.484 e. The van der Waals surface area contributed by atoms with E-state index >= 15 is 0 Å². The molecule has 0 fully saturated rings. The Morgan fingerprint density at radius 2 is 1.63 bits per heavy atom. The van der Waals surface area contributed by atoms with Crippen LogP contribution in [0.1, 0.15) is 22.7 Å². The Kier molecular flexibility index (Phi) is 6.95. The van der Waals surface area contributed by atoms with Gasteiger partial charge in [-0.2, -0.15) is 14.0 Å². The zero-order valence-corrected chi connectivity index (χ0v) is 15.8. The van der Waals surface area contributed by atoms with Crippen LogP contribution < -0.4 is 14.8 Å². The number of hydrogen-bond donors (Lipinski definition) is 1. The van der Waals surface area contributed by atoms with E-state index in [0.717, 1.165) is 5.56 Å². The van der Waals surface area contributed by atoms with Gasteiger partial charge < -0.3 is 14.8 Å². The zero-order chi connectivity index (χ0) is 21.3. The summed E-state index contributed by atoms with van der Waals surface area (Å²) in [5, 5.41) is 11.8. The first-order valence-corrected chi connectivity index (χ1v) is 9.07. The summed E-state index contributed by atoms with van der Waals surface area (Å²) in [6.07, 6.45) is 0. The van der Waals surface area contributed by atoms with Crippen molar-refractivity contribution in [1.29, 1.82) is 5.26 Å². The van der Waals surface area contributed by atoms with E-state index in [-0.39, 0.29) is 18.3 Å². The van der Waals surface area contributed by atoms with Crippen molar-refractivity contribution in [3.05, 3.63) is 95.6 Å². The van der Waals surface area contributed by atoms with E-state index in [1.165, 1.54) is 12.1 Å². The van der Waals surface area contributed by atoms with Gasteiger partial charge in [0.15, 0.2) is 6.61 Å². The molecule has 0 aliphatic rings. The summed E-state index contributed by atoms with van der Waals surface area (Å²) in [6.45, 7) is -3.15. The molecule has 3 aromatic rings. The molecule has 1 amide bonds. The Balaban J connectivity index is 1.73. The molecule has 7 heteroatoms. The fourth-order valence-corrected chi connectivity index (χ4v) is 2.85.